The first-order valence-electron chi connectivity index (χ1n) is 5.26. The van der Waals surface area contributed by atoms with Crippen molar-refractivity contribution in [2.75, 3.05) is 6.54 Å². The second-order valence-electron chi connectivity index (χ2n) is 4.14. The maximum Gasteiger partial charge on any atom is 0.334 e. The van der Waals surface area contributed by atoms with Gasteiger partial charge in [0.2, 0.25) is 5.91 Å². The molecule has 0 unspecified atom stereocenters. The van der Waals surface area contributed by atoms with E-state index in [0.29, 0.717) is 5.57 Å². The van der Waals surface area contributed by atoms with Crippen LogP contribution in [0, 0.1) is 0 Å². The molecule has 0 spiro atoms. The van der Waals surface area contributed by atoms with Crippen LogP contribution in [-0.4, -0.2) is 35.5 Å². The van der Waals surface area contributed by atoms with Crippen LogP contribution in [0.1, 0.15) is 26.7 Å². The molecule has 1 amide bonds. The van der Waals surface area contributed by atoms with Gasteiger partial charge in [-0.05, 0) is 25.8 Å². The van der Waals surface area contributed by atoms with Gasteiger partial charge in [0, 0.05) is 19.0 Å². The molecule has 0 aromatic heterocycles. The van der Waals surface area contributed by atoms with E-state index in [-0.39, 0.29) is 24.0 Å². The van der Waals surface area contributed by atoms with E-state index in [2.05, 4.69) is 0 Å². The predicted molar refractivity (Wildman–Crippen MR) is 54.0 cm³/mol. The Labute approximate surface area is 88.9 Å². The van der Waals surface area contributed by atoms with Gasteiger partial charge in [-0.3, -0.25) is 4.79 Å². The standard InChI is InChI=1S/C11H15NO3/c1-7-6-10(15-11(7)14)9-4-3-5-12(9)8(2)13/h6,9-10H,3-5H2,1-2H3/t9-,10+/m0/s1. The third kappa shape index (κ3) is 1.76. The summed E-state index contributed by atoms with van der Waals surface area (Å²) < 4.78 is 5.21. The number of hydrogen-bond donors (Lipinski definition) is 0. The van der Waals surface area contributed by atoms with E-state index in [9.17, 15) is 9.59 Å². The summed E-state index contributed by atoms with van der Waals surface area (Å²) in [4.78, 5) is 24.4. The minimum absolute atomic E-state index is 0.0453. The third-order valence-electron chi connectivity index (χ3n) is 3.06. The van der Waals surface area contributed by atoms with Crippen LogP contribution in [0.15, 0.2) is 11.6 Å². The Morgan fingerprint density at radius 3 is 2.87 bits per heavy atom. The van der Waals surface area contributed by atoms with E-state index in [0.717, 1.165) is 19.4 Å². The van der Waals surface area contributed by atoms with E-state index in [1.54, 1.807) is 18.7 Å². The molecular formula is C11H15NO3. The van der Waals surface area contributed by atoms with Crippen LogP contribution < -0.4 is 0 Å². The maximum atomic E-state index is 11.3. The van der Waals surface area contributed by atoms with Gasteiger partial charge in [-0.25, -0.2) is 4.79 Å². The number of carbonyl (C=O) groups is 2. The van der Waals surface area contributed by atoms with E-state index in [4.69, 9.17) is 4.74 Å². The van der Waals surface area contributed by atoms with Gasteiger partial charge in [-0.2, -0.15) is 0 Å². The highest BCUT2D eigenvalue weighted by Crippen LogP contribution is 2.27. The lowest BCUT2D eigenvalue weighted by molar-refractivity contribution is -0.144. The monoisotopic (exact) mass is 209 g/mol. The highest BCUT2D eigenvalue weighted by Gasteiger charge is 2.37. The van der Waals surface area contributed by atoms with Crippen molar-refractivity contribution in [3.8, 4) is 0 Å². The van der Waals surface area contributed by atoms with Gasteiger partial charge in [0.25, 0.3) is 0 Å². The number of likely N-dealkylation sites (tertiary alicyclic amines) is 1. The molecule has 15 heavy (non-hydrogen) atoms. The van der Waals surface area contributed by atoms with E-state index in [1.165, 1.54) is 0 Å². The quantitative estimate of drug-likeness (QED) is 0.602. The molecule has 4 nitrogen and oxygen atoms in total. The first-order valence-corrected chi connectivity index (χ1v) is 5.26. The molecule has 0 radical (unpaired) electrons. The summed E-state index contributed by atoms with van der Waals surface area (Å²) >= 11 is 0. The van der Waals surface area contributed by atoms with Crippen molar-refractivity contribution in [1.29, 1.82) is 0 Å². The lowest BCUT2D eigenvalue weighted by Crippen LogP contribution is -2.41. The van der Waals surface area contributed by atoms with Gasteiger partial charge in [0.15, 0.2) is 0 Å². The molecule has 2 aliphatic rings. The minimum Gasteiger partial charge on any atom is -0.453 e. The Balaban J connectivity index is 2.11. The average Bonchev–Trinajstić information content (AvgIpc) is 2.73. The largest absolute Gasteiger partial charge is 0.453 e. The van der Waals surface area contributed by atoms with Crippen molar-refractivity contribution in [3.63, 3.8) is 0 Å². The van der Waals surface area contributed by atoms with Crippen LogP contribution in [0.3, 0.4) is 0 Å². The molecule has 82 valence electrons. The number of amides is 1. The van der Waals surface area contributed by atoms with Crippen LogP contribution in [-0.2, 0) is 14.3 Å². The molecular weight excluding hydrogens is 194 g/mol. The van der Waals surface area contributed by atoms with Gasteiger partial charge < -0.3 is 9.64 Å². The molecule has 0 bridgehead atoms. The molecule has 4 heteroatoms. The molecule has 0 N–H and O–H groups in total. The Morgan fingerprint density at radius 2 is 2.33 bits per heavy atom. The highest BCUT2D eigenvalue weighted by molar-refractivity contribution is 5.90. The van der Waals surface area contributed by atoms with Crippen molar-refractivity contribution < 1.29 is 14.3 Å². The fourth-order valence-corrected chi connectivity index (χ4v) is 2.28. The van der Waals surface area contributed by atoms with Crippen molar-refractivity contribution in [3.05, 3.63) is 11.6 Å². The number of esters is 1. The number of cyclic esters (lactones) is 1. The molecule has 0 aliphatic carbocycles. The summed E-state index contributed by atoms with van der Waals surface area (Å²) in [5, 5.41) is 0. The lowest BCUT2D eigenvalue weighted by Gasteiger charge is -2.26. The van der Waals surface area contributed by atoms with Gasteiger partial charge in [-0.1, -0.05) is 0 Å². The first-order chi connectivity index (χ1) is 7.09. The summed E-state index contributed by atoms with van der Waals surface area (Å²) in [6, 6.07) is 0.0453. The van der Waals surface area contributed by atoms with Gasteiger partial charge in [0.1, 0.15) is 6.10 Å². The zero-order chi connectivity index (χ0) is 11.0. The maximum absolute atomic E-state index is 11.3. The van der Waals surface area contributed by atoms with E-state index < -0.39 is 0 Å². The molecule has 2 atom stereocenters. The topological polar surface area (TPSA) is 46.6 Å². The molecule has 1 fully saturated rings. The average molecular weight is 209 g/mol. The van der Waals surface area contributed by atoms with Crippen molar-refractivity contribution in [1.82, 2.24) is 4.90 Å². The Kier molecular flexibility index (Phi) is 2.50. The molecule has 2 aliphatic heterocycles. The van der Waals surface area contributed by atoms with Crippen molar-refractivity contribution >= 4 is 11.9 Å². The van der Waals surface area contributed by atoms with Crippen LogP contribution in [0.4, 0.5) is 0 Å². The first kappa shape index (κ1) is 10.2. The third-order valence-corrected chi connectivity index (χ3v) is 3.06. The van der Waals surface area contributed by atoms with E-state index in [1.807, 2.05) is 6.08 Å². The minimum atomic E-state index is -0.254. The summed E-state index contributed by atoms with van der Waals surface area (Å²) in [6.07, 6.45) is 3.50. The number of carbonyl (C=O) groups excluding carboxylic acids is 2. The Hall–Kier alpha value is -1.32. The van der Waals surface area contributed by atoms with Crippen LogP contribution >= 0.6 is 0 Å². The fourth-order valence-electron chi connectivity index (χ4n) is 2.28. The zero-order valence-electron chi connectivity index (χ0n) is 9.03. The van der Waals surface area contributed by atoms with Crippen molar-refractivity contribution in [2.24, 2.45) is 0 Å². The number of ether oxygens (including phenoxy) is 1. The molecule has 2 rings (SSSR count). The number of rotatable bonds is 1. The summed E-state index contributed by atoms with van der Waals surface area (Å²) in [7, 11) is 0. The normalized spacial score (nSPS) is 30.4. The smallest absolute Gasteiger partial charge is 0.334 e. The second kappa shape index (κ2) is 3.68. The second-order valence-corrected chi connectivity index (χ2v) is 4.14. The number of nitrogens with zero attached hydrogens (tertiary/aromatic N) is 1. The van der Waals surface area contributed by atoms with Crippen molar-refractivity contribution in [2.45, 2.75) is 38.8 Å². The summed E-state index contributed by atoms with van der Waals surface area (Å²) in [5.74, 6) is -0.193. The highest BCUT2D eigenvalue weighted by atomic mass is 16.5. The molecule has 0 aromatic rings. The Bertz CT molecular complexity index is 335. The van der Waals surface area contributed by atoms with E-state index >= 15 is 0 Å². The van der Waals surface area contributed by atoms with Crippen LogP contribution in [0.5, 0.6) is 0 Å². The summed E-state index contributed by atoms with van der Waals surface area (Å²) in [6.45, 7) is 4.09. The van der Waals surface area contributed by atoms with Crippen LogP contribution in [0.25, 0.3) is 0 Å². The van der Waals surface area contributed by atoms with Gasteiger partial charge >= 0.3 is 5.97 Å². The van der Waals surface area contributed by atoms with Gasteiger partial charge in [-0.15, -0.1) is 0 Å². The lowest BCUT2D eigenvalue weighted by atomic mass is 10.1. The summed E-state index contributed by atoms with van der Waals surface area (Å²) in [5.41, 5.74) is 0.649. The predicted octanol–water partition coefficient (Wildman–Crippen LogP) is 0.869. The number of hydrogen-bond acceptors (Lipinski definition) is 3. The SMILES string of the molecule is CC(=O)N1CCC[C@H]1[C@H]1C=C(C)C(=O)O1. The van der Waals surface area contributed by atoms with Crippen LogP contribution in [0.2, 0.25) is 0 Å². The molecule has 0 aromatic carbocycles. The van der Waals surface area contributed by atoms with Gasteiger partial charge in [0.05, 0.1) is 6.04 Å². The zero-order valence-corrected chi connectivity index (χ0v) is 9.03. The molecule has 1 saturated heterocycles. The molecule has 0 saturated carbocycles. The Morgan fingerprint density at radius 1 is 1.60 bits per heavy atom. The fraction of sp³-hybridized carbons (Fsp3) is 0.636. The molecule has 2 heterocycles.